The van der Waals surface area contributed by atoms with Crippen LogP contribution in [-0.4, -0.2) is 83.9 Å². The van der Waals surface area contributed by atoms with Crippen LogP contribution in [0.15, 0.2) is 11.6 Å². The highest BCUT2D eigenvalue weighted by molar-refractivity contribution is 5.68. The maximum atomic E-state index is 13.0. The molecule has 0 amide bonds. The Bertz CT molecular complexity index is 1070. The molecule has 10 atom stereocenters. The van der Waals surface area contributed by atoms with Gasteiger partial charge in [-0.2, -0.15) is 0 Å². The summed E-state index contributed by atoms with van der Waals surface area (Å²) in [7, 11) is 2.92. The van der Waals surface area contributed by atoms with E-state index < -0.39 is 82.2 Å². The number of hydrogen-bond donors (Lipinski definition) is 2. The molecular weight excluding hydrogens is 512 g/mol. The van der Waals surface area contributed by atoms with E-state index in [-0.39, 0.29) is 6.42 Å². The number of ether oxygens (including phenoxy) is 6. The summed E-state index contributed by atoms with van der Waals surface area (Å²) in [5, 5.41) is 25.4. The number of fused-ring (bicyclic) bond motifs is 4. The van der Waals surface area contributed by atoms with Crippen LogP contribution in [0.2, 0.25) is 0 Å². The molecule has 0 saturated heterocycles. The van der Waals surface area contributed by atoms with Gasteiger partial charge in [0.25, 0.3) is 0 Å². The zero-order valence-corrected chi connectivity index (χ0v) is 24.2. The number of carbonyl (C=O) groups excluding carboxylic acids is 3. The normalized spacial score (nSPS) is 46.2. The van der Waals surface area contributed by atoms with Crippen molar-refractivity contribution in [3.05, 3.63) is 11.6 Å². The molecule has 0 bridgehead atoms. The van der Waals surface area contributed by atoms with Crippen LogP contribution in [0.1, 0.15) is 67.7 Å². The molecule has 0 spiro atoms. The topological polar surface area (TPSA) is 147 Å². The number of methoxy groups -OCH3 is 2. The summed E-state index contributed by atoms with van der Waals surface area (Å²) in [6.45, 7) is 10.8. The van der Waals surface area contributed by atoms with Crippen molar-refractivity contribution in [1.29, 1.82) is 0 Å². The third kappa shape index (κ3) is 4.07. The standard InChI is InChI=1S/C28H42O11/c1-14(29)36-19-10-11-24(4,5)28(33)23(38-16(3)31)22(37-15(2)30)21-17(25(19,28)6)13-27(35-9)18(26(21,7)32)12-20(34-8)39-27/h12,17,19-23,32-33H,10-11,13H2,1-9H3/t17-,19-,20-,21-,22+,23-,25-,26+,27+,28+/m0/s1. The average Bonchev–Trinajstić information content (AvgIpc) is 3.21. The second-order valence-corrected chi connectivity index (χ2v) is 12.4. The lowest BCUT2D eigenvalue weighted by Gasteiger charge is -2.71. The molecule has 3 saturated carbocycles. The molecule has 0 aromatic carbocycles. The van der Waals surface area contributed by atoms with Crippen molar-refractivity contribution >= 4 is 17.9 Å². The second-order valence-electron chi connectivity index (χ2n) is 12.4. The molecule has 39 heavy (non-hydrogen) atoms. The summed E-state index contributed by atoms with van der Waals surface area (Å²) >= 11 is 0. The smallest absolute Gasteiger partial charge is 0.303 e. The highest BCUT2D eigenvalue weighted by Crippen LogP contribution is 2.70. The summed E-state index contributed by atoms with van der Waals surface area (Å²) in [6, 6.07) is 0. The molecule has 3 fully saturated rings. The molecule has 3 aliphatic carbocycles. The number of hydrogen-bond acceptors (Lipinski definition) is 11. The van der Waals surface area contributed by atoms with E-state index in [4.69, 9.17) is 28.4 Å². The van der Waals surface area contributed by atoms with Crippen LogP contribution in [0.5, 0.6) is 0 Å². The van der Waals surface area contributed by atoms with Crippen molar-refractivity contribution in [3.63, 3.8) is 0 Å². The lowest BCUT2D eigenvalue weighted by Crippen LogP contribution is -2.82. The molecular formula is C28H42O11. The van der Waals surface area contributed by atoms with Crippen molar-refractivity contribution in [2.24, 2.45) is 22.7 Å². The zero-order valence-electron chi connectivity index (χ0n) is 24.2. The molecule has 1 heterocycles. The van der Waals surface area contributed by atoms with E-state index in [2.05, 4.69) is 0 Å². The molecule has 4 aliphatic rings. The maximum Gasteiger partial charge on any atom is 0.303 e. The first-order chi connectivity index (χ1) is 17.9. The maximum absolute atomic E-state index is 13.0. The Labute approximate surface area is 229 Å². The average molecular weight is 555 g/mol. The Hall–Kier alpha value is -2.05. The van der Waals surface area contributed by atoms with Gasteiger partial charge in [-0.25, -0.2) is 0 Å². The third-order valence-corrected chi connectivity index (χ3v) is 9.99. The van der Waals surface area contributed by atoms with Crippen LogP contribution in [0.25, 0.3) is 0 Å². The van der Waals surface area contributed by atoms with E-state index in [0.29, 0.717) is 18.4 Å². The fourth-order valence-electron chi connectivity index (χ4n) is 8.38. The fourth-order valence-corrected chi connectivity index (χ4v) is 8.38. The molecule has 220 valence electrons. The van der Waals surface area contributed by atoms with Gasteiger partial charge in [0.05, 0.1) is 5.60 Å². The van der Waals surface area contributed by atoms with E-state index in [9.17, 15) is 24.6 Å². The van der Waals surface area contributed by atoms with Crippen molar-refractivity contribution < 1.29 is 53.0 Å². The molecule has 0 aromatic rings. The lowest BCUT2D eigenvalue weighted by molar-refractivity contribution is -0.368. The Morgan fingerprint density at radius 3 is 2.05 bits per heavy atom. The van der Waals surface area contributed by atoms with Crippen LogP contribution in [-0.2, 0) is 42.8 Å². The van der Waals surface area contributed by atoms with Crippen molar-refractivity contribution in [1.82, 2.24) is 0 Å². The van der Waals surface area contributed by atoms with Crippen LogP contribution in [0.3, 0.4) is 0 Å². The minimum absolute atomic E-state index is 0.104. The first-order valence-electron chi connectivity index (χ1n) is 13.4. The van der Waals surface area contributed by atoms with Gasteiger partial charge in [0.2, 0.25) is 0 Å². The largest absolute Gasteiger partial charge is 0.462 e. The van der Waals surface area contributed by atoms with E-state index in [1.54, 1.807) is 19.9 Å². The SMILES string of the molecule is CO[C@@H]1C=C2[C@@](OC)(C[C@H]3[C@@H]([C@@H](OC(C)=O)[C@H](OC(C)=O)[C@@]4(O)C(C)(C)CC[C@H](OC(C)=O)[C@]34C)[C@]2(C)O)O1. The van der Waals surface area contributed by atoms with Gasteiger partial charge in [-0.05, 0) is 37.2 Å². The van der Waals surface area contributed by atoms with E-state index in [1.807, 2.05) is 13.8 Å². The Balaban J connectivity index is 2.06. The first-order valence-corrected chi connectivity index (χ1v) is 13.4. The van der Waals surface area contributed by atoms with Crippen molar-refractivity contribution in [2.75, 3.05) is 14.2 Å². The van der Waals surface area contributed by atoms with Crippen LogP contribution in [0, 0.1) is 22.7 Å². The molecule has 4 rings (SSSR count). The minimum Gasteiger partial charge on any atom is -0.462 e. The zero-order chi connectivity index (χ0) is 29.3. The summed E-state index contributed by atoms with van der Waals surface area (Å²) in [4.78, 5) is 37.4. The number of rotatable bonds is 5. The summed E-state index contributed by atoms with van der Waals surface area (Å²) in [6.07, 6.45) is -1.74. The Kier molecular flexibility index (Phi) is 7.30. The van der Waals surface area contributed by atoms with Crippen molar-refractivity contribution in [3.8, 4) is 0 Å². The third-order valence-electron chi connectivity index (χ3n) is 9.99. The minimum atomic E-state index is -1.88. The highest BCUT2D eigenvalue weighted by Gasteiger charge is 2.80. The first kappa shape index (κ1) is 29.9. The predicted octanol–water partition coefficient (Wildman–Crippen LogP) is 2.01. The highest BCUT2D eigenvalue weighted by atomic mass is 16.8. The number of aliphatic hydroxyl groups is 2. The summed E-state index contributed by atoms with van der Waals surface area (Å²) in [5.41, 5.74) is -5.49. The summed E-state index contributed by atoms with van der Waals surface area (Å²) < 4.78 is 35.2. The molecule has 0 radical (unpaired) electrons. The molecule has 11 nitrogen and oxygen atoms in total. The molecule has 11 heteroatoms. The van der Waals surface area contributed by atoms with Gasteiger partial charge in [0, 0.05) is 58.3 Å². The molecule has 0 unspecified atom stereocenters. The van der Waals surface area contributed by atoms with E-state index >= 15 is 0 Å². The van der Waals surface area contributed by atoms with E-state index in [0.717, 1.165) is 0 Å². The van der Waals surface area contributed by atoms with Gasteiger partial charge in [0.1, 0.15) is 17.8 Å². The molecule has 2 N–H and O–H groups in total. The van der Waals surface area contributed by atoms with Gasteiger partial charge in [-0.3, -0.25) is 14.4 Å². The number of carbonyl (C=O) groups is 3. The van der Waals surface area contributed by atoms with Crippen LogP contribution >= 0.6 is 0 Å². The van der Waals surface area contributed by atoms with Gasteiger partial charge in [-0.15, -0.1) is 0 Å². The van der Waals surface area contributed by atoms with Crippen molar-refractivity contribution in [2.45, 2.75) is 109 Å². The van der Waals surface area contributed by atoms with Crippen LogP contribution < -0.4 is 0 Å². The van der Waals surface area contributed by atoms with E-state index in [1.165, 1.54) is 35.0 Å². The monoisotopic (exact) mass is 554 g/mol. The second kappa shape index (κ2) is 9.51. The van der Waals surface area contributed by atoms with Gasteiger partial charge in [-0.1, -0.05) is 20.8 Å². The van der Waals surface area contributed by atoms with Gasteiger partial charge in [0.15, 0.2) is 18.2 Å². The lowest BCUT2D eigenvalue weighted by atomic mass is 9.38. The quantitative estimate of drug-likeness (QED) is 0.292. The Morgan fingerprint density at radius 2 is 1.54 bits per heavy atom. The Morgan fingerprint density at radius 1 is 0.949 bits per heavy atom. The fraction of sp³-hybridized carbons (Fsp3) is 0.821. The summed E-state index contributed by atoms with van der Waals surface area (Å²) in [5.74, 6) is -4.97. The van der Waals surface area contributed by atoms with Gasteiger partial charge < -0.3 is 38.6 Å². The van der Waals surface area contributed by atoms with Crippen LogP contribution in [0.4, 0.5) is 0 Å². The molecule has 0 aromatic heterocycles. The molecule has 1 aliphatic heterocycles. The van der Waals surface area contributed by atoms with Gasteiger partial charge >= 0.3 is 17.9 Å². The predicted molar refractivity (Wildman–Crippen MR) is 135 cm³/mol. The number of esters is 3.